The topological polar surface area (TPSA) is 45.9 Å². The van der Waals surface area contributed by atoms with E-state index >= 15 is 0 Å². The second-order valence-electron chi connectivity index (χ2n) is 3.28. The first-order chi connectivity index (χ1) is 8.60. The van der Waals surface area contributed by atoms with E-state index in [1.807, 2.05) is 6.07 Å². The van der Waals surface area contributed by atoms with Crippen LogP contribution in [0, 0.1) is 23.0 Å². The number of ether oxygens (including phenoxy) is 1. The summed E-state index contributed by atoms with van der Waals surface area (Å²) in [5, 5.41) is 8.75. The minimum absolute atomic E-state index is 0.0286. The fraction of sp³-hybridized carbons (Fsp3) is 0. The summed E-state index contributed by atoms with van der Waals surface area (Å²) in [6.45, 7) is 0. The van der Waals surface area contributed by atoms with Gasteiger partial charge in [-0.1, -0.05) is 17.7 Å². The third kappa shape index (κ3) is 2.55. The van der Waals surface area contributed by atoms with Gasteiger partial charge < -0.3 is 4.74 Å². The van der Waals surface area contributed by atoms with Gasteiger partial charge in [-0.05, 0) is 18.2 Å². The largest absolute Gasteiger partial charge is 0.436 e. The van der Waals surface area contributed by atoms with Crippen molar-refractivity contribution in [1.82, 2.24) is 4.98 Å². The highest BCUT2D eigenvalue weighted by Crippen LogP contribution is 2.26. The highest BCUT2D eigenvalue weighted by Gasteiger charge is 2.11. The zero-order valence-corrected chi connectivity index (χ0v) is 9.58. The Bertz CT molecular complexity index is 640. The number of hydrogen-bond acceptors (Lipinski definition) is 3. The number of hydrogen-bond donors (Lipinski definition) is 0. The Labute approximate surface area is 106 Å². The molecule has 0 radical (unpaired) electrons. The molecule has 2 aromatic rings. The number of nitrogens with zero attached hydrogens (tertiary/aromatic N) is 2. The Morgan fingerprint density at radius 2 is 2.06 bits per heavy atom. The molecule has 90 valence electrons. The maximum atomic E-state index is 13.3. The second kappa shape index (κ2) is 4.98. The highest BCUT2D eigenvalue weighted by atomic mass is 35.5. The predicted octanol–water partition coefficient (Wildman–Crippen LogP) is 3.68. The van der Waals surface area contributed by atoms with Crippen LogP contribution in [0.5, 0.6) is 11.6 Å². The summed E-state index contributed by atoms with van der Waals surface area (Å²) < 4.78 is 31.3. The van der Waals surface area contributed by atoms with E-state index in [9.17, 15) is 8.78 Å². The van der Waals surface area contributed by atoms with Crippen molar-refractivity contribution in [2.45, 2.75) is 0 Å². The van der Waals surface area contributed by atoms with Gasteiger partial charge in [-0.15, -0.1) is 0 Å². The molecule has 0 bridgehead atoms. The third-order valence-corrected chi connectivity index (χ3v) is 2.22. The zero-order valence-electron chi connectivity index (χ0n) is 8.82. The van der Waals surface area contributed by atoms with Gasteiger partial charge in [0.15, 0.2) is 11.6 Å². The van der Waals surface area contributed by atoms with Gasteiger partial charge in [-0.3, -0.25) is 0 Å². The van der Waals surface area contributed by atoms with Crippen LogP contribution in [-0.2, 0) is 0 Å². The van der Waals surface area contributed by atoms with Crippen LogP contribution in [0.3, 0.4) is 0 Å². The molecular formula is C12H5ClF2N2O. The maximum absolute atomic E-state index is 13.3. The molecule has 0 saturated carbocycles. The Morgan fingerprint density at radius 3 is 2.78 bits per heavy atom. The lowest BCUT2D eigenvalue weighted by atomic mass is 10.3. The van der Waals surface area contributed by atoms with Crippen molar-refractivity contribution in [3.63, 3.8) is 0 Å². The number of benzene rings is 1. The normalized spacial score (nSPS) is 9.89. The van der Waals surface area contributed by atoms with E-state index in [-0.39, 0.29) is 22.3 Å². The monoisotopic (exact) mass is 266 g/mol. The molecule has 0 atom stereocenters. The summed E-state index contributed by atoms with van der Waals surface area (Å²) in [5.41, 5.74) is 0.210. The SMILES string of the molecule is N#Cc1cc(Cl)nc(Oc2cccc(F)c2F)c1. The van der Waals surface area contributed by atoms with E-state index in [1.54, 1.807) is 0 Å². The van der Waals surface area contributed by atoms with Crippen molar-refractivity contribution < 1.29 is 13.5 Å². The molecule has 1 aromatic carbocycles. The molecule has 0 aliphatic rings. The van der Waals surface area contributed by atoms with Crippen molar-refractivity contribution >= 4 is 11.6 Å². The first kappa shape index (κ1) is 12.3. The quantitative estimate of drug-likeness (QED) is 0.779. The molecule has 0 saturated heterocycles. The molecule has 0 amide bonds. The maximum Gasteiger partial charge on any atom is 0.222 e. The number of aromatic nitrogens is 1. The number of nitriles is 1. The van der Waals surface area contributed by atoms with E-state index < -0.39 is 11.6 Å². The second-order valence-corrected chi connectivity index (χ2v) is 3.67. The van der Waals surface area contributed by atoms with Gasteiger partial charge >= 0.3 is 0 Å². The van der Waals surface area contributed by atoms with E-state index in [4.69, 9.17) is 21.6 Å². The molecule has 1 heterocycles. The van der Waals surface area contributed by atoms with Gasteiger partial charge in [0.05, 0.1) is 11.6 Å². The van der Waals surface area contributed by atoms with Crippen molar-refractivity contribution in [2.75, 3.05) is 0 Å². The molecule has 0 aliphatic heterocycles. The molecule has 0 aliphatic carbocycles. The predicted molar refractivity (Wildman–Crippen MR) is 60.4 cm³/mol. The van der Waals surface area contributed by atoms with Gasteiger partial charge in [0.2, 0.25) is 11.7 Å². The van der Waals surface area contributed by atoms with E-state index in [1.165, 1.54) is 24.3 Å². The molecule has 0 spiro atoms. The van der Waals surface area contributed by atoms with Crippen molar-refractivity contribution in [1.29, 1.82) is 5.26 Å². The molecule has 6 heteroatoms. The fourth-order valence-corrected chi connectivity index (χ4v) is 1.47. The van der Waals surface area contributed by atoms with E-state index in [0.717, 1.165) is 6.07 Å². The van der Waals surface area contributed by atoms with Crippen molar-refractivity contribution in [3.05, 3.63) is 52.7 Å². The molecule has 0 unspecified atom stereocenters. The lowest BCUT2D eigenvalue weighted by molar-refractivity contribution is 0.405. The van der Waals surface area contributed by atoms with Gasteiger partial charge in [-0.2, -0.15) is 9.65 Å². The average Bonchev–Trinajstić information content (AvgIpc) is 2.34. The molecule has 1 aromatic heterocycles. The average molecular weight is 267 g/mol. The number of halogens is 3. The first-order valence-electron chi connectivity index (χ1n) is 4.79. The van der Waals surface area contributed by atoms with Crippen LogP contribution in [0.15, 0.2) is 30.3 Å². The number of pyridine rings is 1. The zero-order chi connectivity index (χ0) is 13.1. The van der Waals surface area contributed by atoms with Crippen LogP contribution in [0.25, 0.3) is 0 Å². The van der Waals surface area contributed by atoms with Crippen LogP contribution in [0.2, 0.25) is 5.15 Å². The minimum Gasteiger partial charge on any atom is -0.436 e. The third-order valence-electron chi connectivity index (χ3n) is 2.03. The molecule has 2 rings (SSSR count). The molecular weight excluding hydrogens is 262 g/mol. The Balaban J connectivity index is 2.37. The Hall–Kier alpha value is -2.19. The molecule has 3 nitrogen and oxygen atoms in total. The fourth-order valence-electron chi connectivity index (χ4n) is 1.27. The smallest absolute Gasteiger partial charge is 0.222 e. The van der Waals surface area contributed by atoms with Gasteiger partial charge in [0.1, 0.15) is 5.15 Å². The first-order valence-corrected chi connectivity index (χ1v) is 5.17. The van der Waals surface area contributed by atoms with E-state index in [0.29, 0.717) is 0 Å². The minimum atomic E-state index is -1.13. The standard InChI is InChI=1S/C12H5ClF2N2O/c13-10-4-7(6-16)5-11(17-10)18-9-3-1-2-8(14)12(9)15/h1-5H. The summed E-state index contributed by atoms with van der Waals surface area (Å²) in [4.78, 5) is 3.75. The summed E-state index contributed by atoms with van der Waals surface area (Å²) in [6, 6.07) is 7.96. The van der Waals surface area contributed by atoms with Gasteiger partial charge in [-0.25, -0.2) is 9.37 Å². The van der Waals surface area contributed by atoms with Gasteiger partial charge in [0, 0.05) is 6.07 Å². The summed E-state index contributed by atoms with van der Waals surface area (Å²) in [6.07, 6.45) is 0. The summed E-state index contributed by atoms with van der Waals surface area (Å²) >= 11 is 5.66. The van der Waals surface area contributed by atoms with Crippen LogP contribution >= 0.6 is 11.6 Å². The van der Waals surface area contributed by atoms with Crippen LogP contribution in [0.4, 0.5) is 8.78 Å². The Kier molecular flexibility index (Phi) is 3.40. The summed E-state index contributed by atoms with van der Waals surface area (Å²) in [5.74, 6) is -2.56. The number of rotatable bonds is 2. The van der Waals surface area contributed by atoms with Crippen molar-refractivity contribution in [3.8, 4) is 17.7 Å². The van der Waals surface area contributed by atoms with Crippen LogP contribution < -0.4 is 4.74 Å². The highest BCUT2D eigenvalue weighted by molar-refractivity contribution is 6.29. The van der Waals surface area contributed by atoms with Crippen LogP contribution in [0.1, 0.15) is 5.56 Å². The lowest BCUT2D eigenvalue weighted by Crippen LogP contribution is -1.94. The van der Waals surface area contributed by atoms with Crippen molar-refractivity contribution in [2.24, 2.45) is 0 Å². The molecule has 0 fully saturated rings. The molecule has 0 N–H and O–H groups in total. The van der Waals surface area contributed by atoms with E-state index in [2.05, 4.69) is 4.98 Å². The lowest BCUT2D eigenvalue weighted by Gasteiger charge is -2.06. The molecule has 18 heavy (non-hydrogen) atoms. The van der Waals surface area contributed by atoms with Crippen LogP contribution in [-0.4, -0.2) is 4.98 Å². The van der Waals surface area contributed by atoms with Gasteiger partial charge in [0.25, 0.3) is 0 Å². The Morgan fingerprint density at radius 1 is 1.28 bits per heavy atom. The summed E-state index contributed by atoms with van der Waals surface area (Å²) in [7, 11) is 0.